The fraction of sp³-hybridized carbons (Fsp3) is 0.667. The Balaban J connectivity index is 2.35. The smallest absolute Gasteiger partial charge is 0.339 e. The zero-order valence-electron chi connectivity index (χ0n) is 11.5. The van der Waals surface area contributed by atoms with Gasteiger partial charge in [-0.1, -0.05) is 40.0 Å². The summed E-state index contributed by atoms with van der Waals surface area (Å²) in [6.07, 6.45) is 5.97. The highest BCUT2D eigenvalue weighted by molar-refractivity contribution is 5.89. The fourth-order valence-corrected chi connectivity index (χ4v) is 2.71. The lowest BCUT2D eigenvalue weighted by Crippen LogP contribution is -2.14. The van der Waals surface area contributed by atoms with Crippen molar-refractivity contribution in [1.82, 2.24) is 0 Å². The van der Waals surface area contributed by atoms with Gasteiger partial charge < -0.3 is 9.52 Å². The molecule has 0 saturated heterocycles. The Morgan fingerprint density at radius 1 is 1.28 bits per heavy atom. The Hall–Kier alpha value is -1.25. The first-order valence-corrected chi connectivity index (χ1v) is 6.77. The van der Waals surface area contributed by atoms with E-state index < -0.39 is 5.97 Å². The highest BCUT2D eigenvalue weighted by Gasteiger charge is 2.29. The van der Waals surface area contributed by atoms with E-state index in [9.17, 15) is 9.90 Å². The number of furan rings is 1. The monoisotopic (exact) mass is 250 g/mol. The van der Waals surface area contributed by atoms with Crippen LogP contribution in [-0.2, 0) is 5.41 Å². The molecular formula is C15H22O3. The highest BCUT2D eigenvalue weighted by Crippen LogP contribution is 2.37. The maximum Gasteiger partial charge on any atom is 0.339 e. The molecule has 1 saturated carbocycles. The summed E-state index contributed by atoms with van der Waals surface area (Å²) in [7, 11) is 0. The average molecular weight is 250 g/mol. The van der Waals surface area contributed by atoms with Gasteiger partial charge in [0.2, 0.25) is 0 Å². The summed E-state index contributed by atoms with van der Waals surface area (Å²) in [6.45, 7) is 5.97. The summed E-state index contributed by atoms with van der Waals surface area (Å²) >= 11 is 0. The number of carboxylic acid groups (broad SMARTS) is 1. The first-order chi connectivity index (χ1) is 8.39. The van der Waals surface area contributed by atoms with E-state index in [1.807, 2.05) is 20.8 Å². The molecule has 1 aliphatic rings. The summed E-state index contributed by atoms with van der Waals surface area (Å²) in [5.41, 5.74) is 0.0729. The van der Waals surface area contributed by atoms with Crippen molar-refractivity contribution in [2.24, 2.45) is 0 Å². The number of hydrogen-bond acceptors (Lipinski definition) is 2. The molecule has 100 valence electrons. The molecule has 0 aromatic carbocycles. The van der Waals surface area contributed by atoms with Crippen molar-refractivity contribution < 1.29 is 14.3 Å². The molecular weight excluding hydrogens is 228 g/mol. The van der Waals surface area contributed by atoms with Crippen LogP contribution in [0.4, 0.5) is 0 Å². The molecule has 0 unspecified atom stereocenters. The minimum Gasteiger partial charge on any atom is -0.478 e. The van der Waals surface area contributed by atoms with Crippen LogP contribution in [-0.4, -0.2) is 11.1 Å². The molecule has 2 rings (SSSR count). The van der Waals surface area contributed by atoms with Crippen LogP contribution in [0.3, 0.4) is 0 Å². The maximum atomic E-state index is 11.3. The van der Waals surface area contributed by atoms with Crippen molar-refractivity contribution >= 4 is 5.97 Å². The molecule has 0 atom stereocenters. The van der Waals surface area contributed by atoms with E-state index in [-0.39, 0.29) is 5.41 Å². The quantitative estimate of drug-likeness (QED) is 0.850. The molecule has 18 heavy (non-hydrogen) atoms. The predicted molar refractivity (Wildman–Crippen MR) is 70.2 cm³/mol. The third kappa shape index (κ3) is 2.60. The van der Waals surface area contributed by atoms with Crippen LogP contribution >= 0.6 is 0 Å². The first-order valence-electron chi connectivity index (χ1n) is 6.77. The third-order valence-electron chi connectivity index (χ3n) is 3.67. The lowest BCUT2D eigenvalue weighted by Gasteiger charge is -2.20. The maximum absolute atomic E-state index is 11.3. The fourth-order valence-electron chi connectivity index (χ4n) is 2.71. The molecule has 1 aliphatic carbocycles. The van der Waals surface area contributed by atoms with Crippen molar-refractivity contribution in [1.29, 1.82) is 0 Å². The van der Waals surface area contributed by atoms with Crippen molar-refractivity contribution in [3.63, 3.8) is 0 Å². The van der Waals surface area contributed by atoms with E-state index in [0.717, 1.165) is 18.6 Å². The zero-order chi connectivity index (χ0) is 13.3. The zero-order valence-corrected chi connectivity index (χ0v) is 11.5. The molecule has 0 bridgehead atoms. The molecule has 0 amide bonds. The van der Waals surface area contributed by atoms with Gasteiger partial charge in [-0.15, -0.1) is 0 Å². The number of aromatic carboxylic acids is 1. The molecule has 0 radical (unpaired) electrons. The van der Waals surface area contributed by atoms with E-state index in [2.05, 4.69) is 0 Å². The van der Waals surface area contributed by atoms with Crippen molar-refractivity contribution in [3.8, 4) is 0 Å². The number of carbonyl (C=O) groups is 1. The van der Waals surface area contributed by atoms with E-state index in [0.29, 0.717) is 17.2 Å². The number of hydrogen-bond donors (Lipinski definition) is 1. The lowest BCUT2D eigenvalue weighted by atomic mass is 9.87. The van der Waals surface area contributed by atoms with Gasteiger partial charge in [0, 0.05) is 11.3 Å². The Kier molecular flexibility index (Phi) is 3.51. The van der Waals surface area contributed by atoms with Gasteiger partial charge in [-0.25, -0.2) is 4.79 Å². The van der Waals surface area contributed by atoms with Crippen LogP contribution in [0.25, 0.3) is 0 Å². The normalized spacial score (nSPS) is 17.9. The largest absolute Gasteiger partial charge is 0.478 e. The predicted octanol–water partition coefficient (Wildman–Crippen LogP) is 4.32. The molecule has 0 aliphatic heterocycles. The molecule has 1 aromatic rings. The van der Waals surface area contributed by atoms with Crippen molar-refractivity contribution in [3.05, 3.63) is 23.2 Å². The Bertz CT molecular complexity index is 431. The highest BCUT2D eigenvalue weighted by atomic mass is 16.4. The van der Waals surface area contributed by atoms with Gasteiger partial charge in [-0.2, -0.15) is 0 Å². The van der Waals surface area contributed by atoms with E-state index in [1.54, 1.807) is 6.07 Å². The molecule has 1 N–H and O–H groups in total. The van der Waals surface area contributed by atoms with Crippen LogP contribution in [0.5, 0.6) is 0 Å². The standard InChI is InChI=1S/C15H22O3/c1-15(2,3)13-11(14(16)17)9-12(18-13)10-7-5-4-6-8-10/h9-10H,4-8H2,1-3H3,(H,16,17). The minimum atomic E-state index is -0.884. The Labute approximate surface area is 108 Å². The number of carboxylic acids is 1. The van der Waals surface area contributed by atoms with Gasteiger partial charge >= 0.3 is 5.97 Å². The summed E-state index contributed by atoms with van der Waals surface area (Å²) in [6, 6.07) is 1.75. The Morgan fingerprint density at radius 2 is 1.89 bits per heavy atom. The van der Waals surface area contributed by atoms with Gasteiger partial charge in [0.1, 0.15) is 17.1 Å². The van der Waals surface area contributed by atoms with E-state index in [1.165, 1.54) is 19.3 Å². The molecule has 1 heterocycles. The van der Waals surface area contributed by atoms with Crippen molar-refractivity contribution in [2.45, 2.75) is 64.2 Å². The van der Waals surface area contributed by atoms with Gasteiger partial charge in [0.25, 0.3) is 0 Å². The molecule has 3 nitrogen and oxygen atoms in total. The van der Waals surface area contributed by atoms with Crippen LogP contribution in [0.15, 0.2) is 10.5 Å². The second-order valence-electron chi connectivity index (χ2n) is 6.28. The molecule has 3 heteroatoms. The van der Waals surface area contributed by atoms with E-state index in [4.69, 9.17) is 4.42 Å². The molecule has 0 spiro atoms. The number of rotatable bonds is 2. The second kappa shape index (κ2) is 4.79. The lowest BCUT2D eigenvalue weighted by molar-refractivity contribution is 0.0692. The van der Waals surface area contributed by atoms with Gasteiger partial charge in [-0.05, 0) is 18.9 Å². The SMILES string of the molecule is CC(C)(C)c1oc(C2CCCCC2)cc1C(=O)O. The van der Waals surface area contributed by atoms with Crippen LogP contribution in [0.1, 0.15) is 80.7 Å². The van der Waals surface area contributed by atoms with Crippen LogP contribution in [0, 0.1) is 0 Å². The summed E-state index contributed by atoms with van der Waals surface area (Å²) in [5.74, 6) is 1.01. The Morgan fingerprint density at radius 3 is 2.33 bits per heavy atom. The summed E-state index contributed by atoms with van der Waals surface area (Å²) in [4.78, 5) is 11.3. The van der Waals surface area contributed by atoms with Crippen LogP contribution in [0.2, 0.25) is 0 Å². The average Bonchev–Trinajstić information content (AvgIpc) is 2.74. The van der Waals surface area contributed by atoms with E-state index >= 15 is 0 Å². The van der Waals surface area contributed by atoms with Crippen LogP contribution < -0.4 is 0 Å². The molecule has 1 fully saturated rings. The minimum absolute atomic E-state index is 0.263. The summed E-state index contributed by atoms with van der Waals surface area (Å²) < 4.78 is 5.90. The summed E-state index contributed by atoms with van der Waals surface area (Å²) in [5, 5.41) is 9.28. The third-order valence-corrected chi connectivity index (χ3v) is 3.67. The second-order valence-corrected chi connectivity index (χ2v) is 6.28. The molecule has 1 aromatic heterocycles. The van der Waals surface area contributed by atoms with Gasteiger partial charge in [0.05, 0.1) is 0 Å². The van der Waals surface area contributed by atoms with Gasteiger partial charge in [0.15, 0.2) is 0 Å². The van der Waals surface area contributed by atoms with Gasteiger partial charge in [-0.3, -0.25) is 0 Å². The van der Waals surface area contributed by atoms with Crippen molar-refractivity contribution in [2.75, 3.05) is 0 Å². The topological polar surface area (TPSA) is 50.4 Å². The first kappa shape index (κ1) is 13.2.